The van der Waals surface area contributed by atoms with Crippen LogP contribution in [0.4, 0.5) is 0 Å². The molecule has 138 valence electrons. The van der Waals surface area contributed by atoms with Crippen LogP contribution in [0.2, 0.25) is 0 Å². The van der Waals surface area contributed by atoms with E-state index in [0.29, 0.717) is 0 Å². The largest absolute Gasteiger partial charge is 0.301 e. The van der Waals surface area contributed by atoms with E-state index in [1.807, 2.05) is 52.2 Å². The third-order valence-electron chi connectivity index (χ3n) is 3.60. The Morgan fingerprint density at radius 1 is 0.667 bits per heavy atom. The van der Waals surface area contributed by atoms with Gasteiger partial charge in [-0.05, 0) is 44.9 Å². The van der Waals surface area contributed by atoms with Crippen LogP contribution in [-0.4, -0.2) is 9.97 Å². The number of nitrogens with zero attached hydrogens (tertiary/aromatic N) is 2. The average Bonchev–Trinajstić information content (AvgIpc) is 2.58. The van der Waals surface area contributed by atoms with E-state index in [1.165, 1.54) is 22.3 Å². The molecule has 0 aliphatic rings. The van der Waals surface area contributed by atoms with Gasteiger partial charge in [-0.3, -0.25) is 4.98 Å². The zero-order chi connectivity index (χ0) is 18.8. The van der Waals surface area contributed by atoms with E-state index in [9.17, 15) is 0 Å². The first-order valence-electron chi connectivity index (χ1n) is 8.43. The van der Waals surface area contributed by atoms with Gasteiger partial charge in [0.15, 0.2) is 0 Å². The second kappa shape index (κ2) is 15.6. The molecule has 27 heavy (non-hydrogen) atoms. The number of hydrogen-bond acceptors (Lipinski definition) is 2. The molecule has 0 atom stereocenters. The van der Waals surface area contributed by atoms with Gasteiger partial charge in [0.05, 0.1) is 0 Å². The van der Waals surface area contributed by atoms with E-state index in [1.54, 1.807) is 0 Å². The summed E-state index contributed by atoms with van der Waals surface area (Å²) in [5, 5.41) is 0. The topological polar surface area (TPSA) is 25.8 Å². The number of aryl methyl sites for hydroxylation is 7. The number of hydrogen-bond donors (Lipinski definition) is 0. The second-order valence-corrected chi connectivity index (χ2v) is 6.34. The van der Waals surface area contributed by atoms with Crippen LogP contribution in [0.25, 0.3) is 0 Å². The van der Waals surface area contributed by atoms with Gasteiger partial charge in [0.1, 0.15) is 0 Å². The van der Waals surface area contributed by atoms with Gasteiger partial charge >= 0.3 is 0 Å². The van der Waals surface area contributed by atoms with Crippen molar-refractivity contribution in [2.45, 2.75) is 48.5 Å². The predicted octanol–water partition coefficient (Wildman–Crippen LogP) is 5.60. The third-order valence-corrected chi connectivity index (χ3v) is 3.60. The summed E-state index contributed by atoms with van der Waals surface area (Å²) in [6, 6.07) is 16.3. The minimum atomic E-state index is 0. The molecule has 2 nitrogen and oxygen atoms in total. The molecule has 1 aromatic carbocycles. The van der Waals surface area contributed by atoms with Crippen LogP contribution in [0.1, 0.15) is 39.2 Å². The van der Waals surface area contributed by atoms with Gasteiger partial charge in [0, 0.05) is 77.3 Å². The van der Waals surface area contributed by atoms with Crippen LogP contribution >= 0.6 is 0 Å². The van der Waals surface area contributed by atoms with E-state index < -0.39 is 0 Å². The molecular formula is C23H28N2Y2-2. The van der Waals surface area contributed by atoms with Crippen LogP contribution in [0.5, 0.6) is 0 Å². The Bertz CT molecular complexity index is 682. The van der Waals surface area contributed by atoms with Crippen LogP contribution < -0.4 is 0 Å². The quantitative estimate of drug-likeness (QED) is 0.368. The number of benzene rings is 1. The molecule has 0 saturated heterocycles. The molecule has 0 aliphatic carbocycles. The molecule has 3 rings (SSSR count). The minimum Gasteiger partial charge on any atom is -0.301 e. The second-order valence-electron chi connectivity index (χ2n) is 6.34. The molecule has 0 spiro atoms. The van der Waals surface area contributed by atoms with Crippen molar-refractivity contribution in [1.82, 2.24) is 9.97 Å². The fraction of sp³-hybridized carbons (Fsp3) is 0.304. The van der Waals surface area contributed by atoms with E-state index in [-0.39, 0.29) is 65.4 Å². The van der Waals surface area contributed by atoms with Crippen LogP contribution in [0, 0.1) is 60.6 Å². The summed E-state index contributed by atoms with van der Waals surface area (Å²) in [5.41, 5.74) is 8.28. The summed E-state index contributed by atoms with van der Waals surface area (Å²) in [7, 11) is 0. The molecule has 0 fully saturated rings. The fourth-order valence-corrected chi connectivity index (χ4v) is 1.84. The van der Waals surface area contributed by atoms with Crippen molar-refractivity contribution in [2.75, 3.05) is 0 Å². The number of pyridine rings is 2. The Labute approximate surface area is 215 Å². The predicted molar refractivity (Wildman–Crippen MR) is 106 cm³/mol. The fourth-order valence-electron chi connectivity index (χ4n) is 1.84. The Morgan fingerprint density at radius 2 is 1.30 bits per heavy atom. The van der Waals surface area contributed by atoms with Gasteiger partial charge in [-0.1, -0.05) is 25.7 Å². The summed E-state index contributed by atoms with van der Waals surface area (Å²) in [6.45, 7) is 14.2. The summed E-state index contributed by atoms with van der Waals surface area (Å²) in [5.74, 6) is 0. The maximum absolute atomic E-state index is 4.14. The monoisotopic (exact) mass is 510 g/mol. The summed E-state index contributed by atoms with van der Waals surface area (Å²) in [4.78, 5) is 8.16. The zero-order valence-corrected chi connectivity index (χ0v) is 23.3. The minimum absolute atomic E-state index is 0. The van der Waals surface area contributed by atoms with Gasteiger partial charge < -0.3 is 4.98 Å². The molecule has 2 heterocycles. The summed E-state index contributed by atoms with van der Waals surface area (Å²) < 4.78 is 0. The molecule has 0 bridgehead atoms. The molecule has 2 aromatic heterocycles. The normalized spacial score (nSPS) is 8.70. The smallest absolute Gasteiger partial charge is 0.0375 e. The van der Waals surface area contributed by atoms with Gasteiger partial charge in [0.25, 0.3) is 0 Å². The van der Waals surface area contributed by atoms with Gasteiger partial charge in [-0.15, -0.1) is 6.92 Å². The Hall–Kier alpha value is -0.272. The maximum Gasteiger partial charge on any atom is 0.0375 e. The van der Waals surface area contributed by atoms with E-state index in [4.69, 9.17) is 0 Å². The molecule has 0 amide bonds. The Morgan fingerprint density at radius 3 is 1.67 bits per heavy atom. The van der Waals surface area contributed by atoms with E-state index in [0.717, 1.165) is 17.0 Å². The van der Waals surface area contributed by atoms with Crippen molar-refractivity contribution in [3.05, 3.63) is 94.1 Å². The maximum atomic E-state index is 4.14. The first-order valence-corrected chi connectivity index (χ1v) is 8.43. The van der Waals surface area contributed by atoms with Crippen molar-refractivity contribution in [1.29, 1.82) is 0 Å². The molecule has 0 unspecified atom stereocenters. The first kappa shape index (κ1) is 28.9. The Balaban J connectivity index is 0. The standard InChI is InChI=1S/C8H11N.C8H9.C7H8N.2Y/c1-6-4-8(3)9-5-7(6)2;1-7-3-5-8(2)6-4-7;1-6-3-4-7(2)8-5-6;;/h4-5H,1-3H3;3-5H,1-2H3;3,5H,1-2H3;;/q;2*-1;;. The summed E-state index contributed by atoms with van der Waals surface area (Å²) >= 11 is 0. The van der Waals surface area contributed by atoms with Gasteiger partial charge in [0.2, 0.25) is 0 Å². The van der Waals surface area contributed by atoms with Crippen LogP contribution in [-0.2, 0) is 65.4 Å². The molecule has 4 heteroatoms. The average molecular weight is 510 g/mol. The van der Waals surface area contributed by atoms with Crippen molar-refractivity contribution >= 4 is 0 Å². The van der Waals surface area contributed by atoms with Crippen molar-refractivity contribution in [3.63, 3.8) is 0 Å². The molecule has 0 saturated carbocycles. The van der Waals surface area contributed by atoms with Crippen molar-refractivity contribution in [2.24, 2.45) is 0 Å². The zero-order valence-electron chi connectivity index (χ0n) is 17.6. The van der Waals surface area contributed by atoms with Crippen molar-refractivity contribution < 1.29 is 65.4 Å². The third kappa shape index (κ3) is 13.5. The SMILES string of the molecule is Cc1[c-]cc(C)cc1.Cc1c[c-]c(C)nc1.Cc1cc(C)c(C)cn1.[Y].[Y]. The Kier molecular flexibility index (Phi) is 16.7. The number of rotatable bonds is 0. The molecule has 0 aliphatic heterocycles. The van der Waals surface area contributed by atoms with E-state index >= 15 is 0 Å². The molecule has 0 N–H and O–H groups in total. The first-order chi connectivity index (χ1) is 11.8. The number of aromatic nitrogens is 2. The van der Waals surface area contributed by atoms with Crippen LogP contribution in [0.15, 0.2) is 42.7 Å². The van der Waals surface area contributed by atoms with Gasteiger partial charge in [-0.2, -0.15) is 41.0 Å². The molecule has 3 aromatic rings. The van der Waals surface area contributed by atoms with Crippen LogP contribution in [0.3, 0.4) is 0 Å². The van der Waals surface area contributed by atoms with Crippen molar-refractivity contribution in [3.8, 4) is 0 Å². The summed E-state index contributed by atoms with van der Waals surface area (Å²) in [6.07, 6.45) is 3.75. The van der Waals surface area contributed by atoms with E-state index in [2.05, 4.69) is 61.1 Å². The molecule has 2 radical (unpaired) electrons. The van der Waals surface area contributed by atoms with Gasteiger partial charge in [-0.25, -0.2) is 12.1 Å². The molecular weight excluding hydrogens is 482 g/mol.